The molecule has 0 heterocycles. The Kier molecular flexibility index (Phi) is 5.64. The normalized spacial score (nSPS) is 10.5. The number of urea groups is 1. The van der Waals surface area contributed by atoms with Crippen molar-refractivity contribution in [3.05, 3.63) is 42.0 Å². The van der Waals surface area contributed by atoms with Crippen LogP contribution in [0.1, 0.15) is 18.9 Å². The average Bonchev–Trinajstić information content (AvgIpc) is 2.56. The van der Waals surface area contributed by atoms with Gasteiger partial charge in [-0.15, -0.1) is 0 Å². The number of rotatable bonds is 6. The Bertz CT molecular complexity index is 640. The van der Waals surface area contributed by atoms with Gasteiger partial charge >= 0.3 is 6.03 Å². The van der Waals surface area contributed by atoms with Crippen molar-refractivity contribution in [1.29, 1.82) is 0 Å². The number of hydrogen-bond donors (Lipinski definition) is 1. The zero-order valence-electron chi connectivity index (χ0n) is 13.6. The second kappa shape index (κ2) is 7.69. The van der Waals surface area contributed by atoms with E-state index in [-0.39, 0.29) is 6.03 Å². The molecule has 0 unspecified atom stereocenters. The fraction of sp³-hybridized carbons (Fsp3) is 0.389. The zero-order valence-corrected chi connectivity index (χ0v) is 13.6. The Hall–Kier alpha value is -2.23. The van der Waals surface area contributed by atoms with Gasteiger partial charge in [0.15, 0.2) is 0 Å². The summed E-state index contributed by atoms with van der Waals surface area (Å²) < 4.78 is 5.31. The summed E-state index contributed by atoms with van der Waals surface area (Å²) in [5, 5.41) is 5.27. The summed E-state index contributed by atoms with van der Waals surface area (Å²) in [7, 11) is 3.51. The molecule has 0 bridgehead atoms. The molecule has 1 N–H and O–H groups in total. The van der Waals surface area contributed by atoms with Crippen LogP contribution in [0.15, 0.2) is 36.4 Å². The minimum atomic E-state index is -0.0142. The maximum atomic E-state index is 11.9. The molecule has 0 saturated carbocycles. The number of benzene rings is 2. The lowest BCUT2D eigenvalue weighted by molar-refractivity contribution is 0.209. The van der Waals surface area contributed by atoms with Crippen molar-refractivity contribution >= 4 is 16.8 Å². The predicted molar refractivity (Wildman–Crippen MR) is 90.5 cm³/mol. The fourth-order valence-corrected chi connectivity index (χ4v) is 2.42. The number of carbonyl (C=O) groups is 1. The van der Waals surface area contributed by atoms with Crippen LogP contribution in [0.5, 0.6) is 5.75 Å². The molecule has 0 spiro atoms. The molecule has 0 atom stereocenters. The number of hydrogen-bond acceptors (Lipinski definition) is 2. The van der Waals surface area contributed by atoms with Crippen molar-refractivity contribution in [1.82, 2.24) is 10.2 Å². The molecule has 4 nitrogen and oxygen atoms in total. The van der Waals surface area contributed by atoms with Crippen molar-refractivity contribution in [2.24, 2.45) is 0 Å². The highest BCUT2D eigenvalue weighted by Crippen LogP contribution is 2.24. The van der Waals surface area contributed by atoms with Crippen molar-refractivity contribution in [2.75, 3.05) is 27.2 Å². The number of methoxy groups -OCH3 is 1. The van der Waals surface area contributed by atoms with Crippen LogP contribution in [0.2, 0.25) is 0 Å². The van der Waals surface area contributed by atoms with Gasteiger partial charge in [0.05, 0.1) is 7.11 Å². The summed E-state index contributed by atoms with van der Waals surface area (Å²) in [4.78, 5) is 13.6. The van der Waals surface area contributed by atoms with E-state index in [0.717, 1.165) is 18.6 Å². The first-order valence-electron chi connectivity index (χ1n) is 7.70. The van der Waals surface area contributed by atoms with E-state index >= 15 is 0 Å². The van der Waals surface area contributed by atoms with Crippen LogP contribution in [0.4, 0.5) is 4.79 Å². The molecule has 2 rings (SSSR count). The predicted octanol–water partition coefficient (Wildman–Crippen LogP) is 3.44. The van der Waals surface area contributed by atoms with Crippen LogP contribution in [-0.4, -0.2) is 38.2 Å². The van der Waals surface area contributed by atoms with Crippen molar-refractivity contribution < 1.29 is 9.53 Å². The number of ether oxygens (including phenoxy) is 1. The SMILES string of the molecule is CCCNC(=O)N(C)CCc1cccc2ccc(OC)cc12. The topological polar surface area (TPSA) is 41.6 Å². The fourth-order valence-electron chi connectivity index (χ4n) is 2.42. The molecule has 118 valence electrons. The Balaban J connectivity index is 2.09. The summed E-state index contributed by atoms with van der Waals surface area (Å²) in [5.41, 5.74) is 1.23. The van der Waals surface area contributed by atoms with Gasteiger partial charge < -0.3 is 15.0 Å². The van der Waals surface area contributed by atoms with E-state index in [1.54, 1.807) is 12.0 Å². The smallest absolute Gasteiger partial charge is 0.317 e. The highest BCUT2D eigenvalue weighted by atomic mass is 16.5. The van der Waals surface area contributed by atoms with Gasteiger partial charge in [-0.2, -0.15) is 0 Å². The van der Waals surface area contributed by atoms with E-state index in [2.05, 4.69) is 35.6 Å². The van der Waals surface area contributed by atoms with Crippen molar-refractivity contribution in [3.8, 4) is 5.75 Å². The second-order valence-corrected chi connectivity index (χ2v) is 5.41. The molecule has 0 saturated heterocycles. The molecule has 0 aromatic heterocycles. The van der Waals surface area contributed by atoms with Crippen LogP contribution in [0, 0.1) is 0 Å². The lowest BCUT2D eigenvalue weighted by Crippen LogP contribution is -2.38. The van der Waals surface area contributed by atoms with E-state index in [1.165, 1.54) is 16.3 Å². The molecule has 2 aromatic rings. The number of amides is 2. The van der Waals surface area contributed by atoms with Crippen molar-refractivity contribution in [3.63, 3.8) is 0 Å². The third-order valence-electron chi connectivity index (χ3n) is 3.77. The molecule has 0 aliphatic carbocycles. The minimum absolute atomic E-state index is 0.0142. The Labute approximate surface area is 132 Å². The van der Waals surface area contributed by atoms with Gasteiger partial charge in [0.2, 0.25) is 0 Å². The summed E-state index contributed by atoms with van der Waals surface area (Å²) in [6.07, 6.45) is 1.77. The lowest BCUT2D eigenvalue weighted by Gasteiger charge is -2.18. The van der Waals surface area contributed by atoms with Crippen LogP contribution in [-0.2, 0) is 6.42 Å². The molecule has 0 aliphatic heterocycles. The van der Waals surface area contributed by atoms with Gasteiger partial charge in [0, 0.05) is 20.1 Å². The average molecular weight is 300 g/mol. The van der Waals surface area contributed by atoms with E-state index < -0.39 is 0 Å². The third kappa shape index (κ3) is 3.91. The van der Waals surface area contributed by atoms with Crippen LogP contribution in [0.3, 0.4) is 0 Å². The Morgan fingerprint density at radius 3 is 2.82 bits per heavy atom. The number of fused-ring (bicyclic) bond motifs is 1. The number of nitrogens with zero attached hydrogens (tertiary/aromatic N) is 1. The summed E-state index contributed by atoms with van der Waals surface area (Å²) in [5.74, 6) is 0.856. The quantitative estimate of drug-likeness (QED) is 0.888. The monoisotopic (exact) mass is 300 g/mol. The van der Waals surface area contributed by atoms with Crippen LogP contribution < -0.4 is 10.1 Å². The molecule has 0 fully saturated rings. The Morgan fingerprint density at radius 2 is 2.09 bits per heavy atom. The van der Waals surface area contributed by atoms with Gasteiger partial charge in [-0.25, -0.2) is 4.79 Å². The molecule has 0 radical (unpaired) electrons. The largest absolute Gasteiger partial charge is 0.497 e. The molecular weight excluding hydrogens is 276 g/mol. The zero-order chi connectivity index (χ0) is 15.9. The van der Waals surface area contributed by atoms with Gasteiger partial charge in [0.1, 0.15) is 5.75 Å². The lowest BCUT2D eigenvalue weighted by atomic mass is 10.0. The van der Waals surface area contributed by atoms with E-state index in [0.29, 0.717) is 13.1 Å². The first-order chi connectivity index (χ1) is 10.7. The number of likely N-dealkylation sites (N-methyl/N-ethyl adjacent to an activating group) is 1. The van der Waals surface area contributed by atoms with Gasteiger partial charge in [-0.05, 0) is 41.3 Å². The van der Waals surface area contributed by atoms with Crippen LogP contribution >= 0.6 is 0 Å². The number of carbonyl (C=O) groups excluding carboxylic acids is 1. The first-order valence-corrected chi connectivity index (χ1v) is 7.70. The first kappa shape index (κ1) is 16.1. The van der Waals surface area contributed by atoms with Gasteiger partial charge in [-0.1, -0.05) is 31.2 Å². The molecular formula is C18H24N2O2. The maximum Gasteiger partial charge on any atom is 0.317 e. The van der Waals surface area contributed by atoms with E-state index in [9.17, 15) is 4.79 Å². The highest BCUT2D eigenvalue weighted by Gasteiger charge is 2.09. The Morgan fingerprint density at radius 1 is 1.27 bits per heavy atom. The molecule has 0 aliphatic rings. The summed E-state index contributed by atoms with van der Waals surface area (Å²) in [6, 6.07) is 12.3. The van der Waals surface area contributed by atoms with Gasteiger partial charge in [-0.3, -0.25) is 0 Å². The maximum absolute atomic E-state index is 11.9. The standard InChI is InChI=1S/C18H24N2O2/c1-4-11-19-18(21)20(2)12-10-15-7-5-6-14-8-9-16(22-3)13-17(14)15/h5-9,13H,4,10-12H2,1-3H3,(H,19,21). The van der Waals surface area contributed by atoms with Crippen molar-refractivity contribution in [2.45, 2.75) is 19.8 Å². The minimum Gasteiger partial charge on any atom is -0.497 e. The molecule has 2 amide bonds. The second-order valence-electron chi connectivity index (χ2n) is 5.41. The van der Waals surface area contributed by atoms with E-state index in [1.807, 2.05) is 20.0 Å². The summed E-state index contributed by atoms with van der Waals surface area (Å²) >= 11 is 0. The summed E-state index contributed by atoms with van der Waals surface area (Å²) in [6.45, 7) is 3.45. The molecule has 2 aromatic carbocycles. The van der Waals surface area contributed by atoms with Crippen LogP contribution in [0.25, 0.3) is 10.8 Å². The molecule has 4 heteroatoms. The highest BCUT2D eigenvalue weighted by molar-refractivity contribution is 5.87. The number of nitrogens with one attached hydrogen (secondary N) is 1. The van der Waals surface area contributed by atoms with E-state index in [4.69, 9.17) is 4.74 Å². The molecule has 22 heavy (non-hydrogen) atoms. The van der Waals surface area contributed by atoms with Gasteiger partial charge in [0.25, 0.3) is 0 Å². The third-order valence-corrected chi connectivity index (χ3v) is 3.77.